The molecule has 1 aromatic rings. The van der Waals surface area contributed by atoms with Crippen molar-refractivity contribution in [3.05, 3.63) is 24.3 Å². The first-order valence-electron chi connectivity index (χ1n) is 6.62. The van der Waals surface area contributed by atoms with Gasteiger partial charge in [0, 0.05) is 25.2 Å². The Hall–Kier alpha value is -2.28. The van der Waals surface area contributed by atoms with Gasteiger partial charge in [-0.3, -0.25) is 0 Å². The van der Waals surface area contributed by atoms with Crippen molar-refractivity contribution < 1.29 is 24.5 Å². The van der Waals surface area contributed by atoms with Crippen molar-refractivity contribution in [1.29, 1.82) is 0 Å². The maximum absolute atomic E-state index is 9.10. The van der Waals surface area contributed by atoms with E-state index in [0.717, 1.165) is 18.8 Å². The summed E-state index contributed by atoms with van der Waals surface area (Å²) in [6, 6.07) is 9.63. The predicted molar refractivity (Wildman–Crippen MR) is 75.8 cm³/mol. The molecule has 3 N–H and O–H groups in total. The second kappa shape index (κ2) is 6.45. The Bertz CT molecular complexity index is 522. The molecule has 0 amide bonds. The van der Waals surface area contributed by atoms with Crippen LogP contribution in [0, 0.1) is 0 Å². The van der Waals surface area contributed by atoms with Crippen LogP contribution in [-0.4, -0.2) is 54.4 Å². The van der Waals surface area contributed by atoms with Crippen LogP contribution in [0.1, 0.15) is 6.42 Å². The molecule has 0 radical (unpaired) electrons. The summed E-state index contributed by atoms with van der Waals surface area (Å²) >= 11 is 0. The molecule has 2 aliphatic rings. The van der Waals surface area contributed by atoms with Gasteiger partial charge in [0.1, 0.15) is 5.75 Å². The van der Waals surface area contributed by atoms with Crippen LogP contribution < -0.4 is 15.0 Å². The molecule has 2 saturated heterocycles. The van der Waals surface area contributed by atoms with Gasteiger partial charge in [0.05, 0.1) is 12.8 Å². The largest absolute Gasteiger partial charge is 0.495 e. The third kappa shape index (κ3) is 3.43. The van der Waals surface area contributed by atoms with E-state index < -0.39 is 11.9 Å². The molecule has 2 atom stereocenters. The van der Waals surface area contributed by atoms with Gasteiger partial charge in [-0.1, -0.05) is 12.1 Å². The molecule has 2 bridgehead atoms. The average molecular weight is 294 g/mol. The number of anilines is 1. The third-order valence-electron chi connectivity index (χ3n) is 3.63. The number of ether oxygens (including phenoxy) is 1. The number of carboxylic acids is 2. The summed E-state index contributed by atoms with van der Waals surface area (Å²) in [5.74, 6) is -2.66. The van der Waals surface area contributed by atoms with Gasteiger partial charge in [0.25, 0.3) is 0 Å². The molecule has 114 valence electrons. The molecular weight excluding hydrogens is 276 g/mol. The van der Waals surface area contributed by atoms with E-state index in [9.17, 15) is 0 Å². The van der Waals surface area contributed by atoms with Crippen LogP contribution in [0.5, 0.6) is 5.75 Å². The molecular formula is C14H18N2O5. The van der Waals surface area contributed by atoms with E-state index in [1.807, 2.05) is 12.1 Å². The Labute approximate surface area is 122 Å². The lowest BCUT2D eigenvalue weighted by Gasteiger charge is -2.30. The second-order valence-corrected chi connectivity index (χ2v) is 4.93. The normalized spacial score (nSPS) is 22.4. The van der Waals surface area contributed by atoms with E-state index in [4.69, 9.17) is 24.5 Å². The Balaban J connectivity index is 0.000000232. The number of hydrogen-bond donors (Lipinski definition) is 3. The highest BCUT2D eigenvalue weighted by Gasteiger charge is 2.38. The van der Waals surface area contributed by atoms with Gasteiger partial charge < -0.3 is 25.2 Å². The minimum Gasteiger partial charge on any atom is -0.495 e. The lowest BCUT2D eigenvalue weighted by atomic mass is 10.2. The minimum atomic E-state index is -1.82. The van der Waals surface area contributed by atoms with Crippen molar-refractivity contribution in [2.75, 3.05) is 25.1 Å². The number of nitrogens with one attached hydrogen (secondary N) is 1. The number of benzene rings is 1. The zero-order valence-electron chi connectivity index (χ0n) is 11.7. The number of rotatable bonds is 2. The van der Waals surface area contributed by atoms with Crippen LogP contribution in [0.3, 0.4) is 0 Å². The summed E-state index contributed by atoms with van der Waals surface area (Å²) in [6.07, 6.45) is 1.28. The molecule has 3 rings (SSSR count). The van der Waals surface area contributed by atoms with E-state index in [1.165, 1.54) is 12.1 Å². The van der Waals surface area contributed by atoms with Gasteiger partial charge in [0.2, 0.25) is 0 Å². The van der Waals surface area contributed by atoms with Gasteiger partial charge in [-0.2, -0.15) is 0 Å². The molecule has 7 nitrogen and oxygen atoms in total. The number of methoxy groups -OCH3 is 1. The van der Waals surface area contributed by atoms with Crippen LogP contribution in [-0.2, 0) is 9.59 Å². The number of aliphatic carboxylic acids is 2. The van der Waals surface area contributed by atoms with Crippen LogP contribution in [0.25, 0.3) is 0 Å². The lowest BCUT2D eigenvalue weighted by Crippen LogP contribution is -2.43. The van der Waals surface area contributed by atoms with Crippen LogP contribution in [0.2, 0.25) is 0 Å². The molecule has 2 heterocycles. The number of carbonyl (C=O) groups is 2. The van der Waals surface area contributed by atoms with Crippen molar-refractivity contribution in [2.45, 2.75) is 18.5 Å². The number of nitrogens with zero attached hydrogens (tertiary/aromatic N) is 1. The maximum Gasteiger partial charge on any atom is 0.414 e. The Morgan fingerprint density at radius 3 is 2.43 bits per heavy atom. The standard InChI is InChI=1S/C12H16N2O.C2H2O4/c1-15-12-5-3-2-4-11(12)14-8-9-6-10(14)7-13-9;3-1(4)2(5)6/h2-5,9-10,13H,6-8H2,1H3;(H,3,4)(H,5,6). The van der Waals surface area contributed by atoms with Crippen molar-refractivity contribution in [2.24, 2.45) is 0 Å². The van der Waals surface area contributed by atoms with Crippen molar-refractivity contribution in [3.8, 4) is 5.75 Å². The SMILES string of the molecule is COc1ccccc1N1CC2CC1CN2.O=C(O)C(=O)O. The van der Waals surface area contributed by atoms with Crippen LogP contribution >= 0.6 is 0 Å². The average Bonchev–Trinajstić information content (AvgIpc) is 3.10. The van der Waals surface area contributed by atoms with E-state index in [-0.39, 0.29) is 0 Å². The monoisotopic (exact) mass is 294 g/mol. The lowest BCUT2D eigenvalue weighted by molar-refractivity contribution is -0.159. The third-order valence-corrected chi connectivity index (χ3v) is 3.63. The molecule has 2 aliphatic heterocycles. The fraction of sp³-hybridized carbons (Fsp3) is 0.429. The molecule has 0 aromatic heterocycles. The molecule has 21 heavy (non-hydrogen) atoms. The molecule has 0 aliphatic carbocycles. The van der Waals surface area contributed by atoms with Crippen LogP contribution in [0.4, 0.5) is 5.69 Å². The van der Waals surface area contributed by atoms with E-state index in [1.54, 1.807) is 7.11 Å². The number of carboxylic acid groups (broad SMARTS) is 2. The molecule has 1 aromatic carbocycles. The summed E-state index contributed by atoms with van der Waals surface area (Å²) < 4.78 is 5.40. The summed E-state index contributed by atoms with van der Waals surface area (Å²) in [4.78, 5) is 20.7. The van der Waals surface area contributed by atoms with Crippen LogP contribution in [0.15, 0.2) is 24.3 Å². The van der Waals surface area contributed by atoms with Gasteiger partial charge in [0.15, 0.2) is 0 Å². The van der Waals surface area contributed by atoms with Crippen molar-refractivity contribution in [1.82, 2.24) is 5.32 Å². The summed E-state index contributed by atoms with van der Waals surface area (Å²) in [5, 5.41) is 18.3. The van der Waals surface area contributed by atoms with Gasteiger partial charge in [-0.15, -0.1) is 0 Å². The first kappa shape index (κ1) is 15.1. The number of fused-ring (bicyclic) bond motifs is 2. The fourth-order valence-corrected chi connectivity index (χ4v) is 2.72. The summed E-state index contributed by atoms with van der Waals surface area (Å²) in [5.41, 5.74) is 1.24. The maximum atomic E-state index is 9.10. The number of para-hydroxylation sites is 2. The topological polar surface area (TPSA) is 99.1 Å². The van der Waals surface area contributed by atoms with E-state index in [2.05, 4.69) is 22.3 Å². The molecule has 7 heteroatoms. The highest BCUT2D eigenvalue weighted by Crippen LogP contribution is 2.35. The molecule has 0 spiro atoms. The molecule has 2 fully saturated rings. The Kier molecular flexibility index (Phi) is 4.64. The van der Waals surface area contributed by atoms with E-state index >= 15 is 0 Å². The zero-order chi connectivity index (χ0) is 15.4. The highest BCUT2D eigenvalue weighted by molar-refractivity contribution is 6.27. The first-order chi connectivity index (χ1) is 10.0. The first-order valence-corrected chi connectivity index (χ1v) is 6.62. The minimum absolute atomic E-state index is 0.659. The van der Waals surface area contributed by atoms with Crippen molar-refractivity contribution in [3.63, 3.8) is 0 Å². The Morgan fingerprint density at radius 2 is 1.95 bits per heavy atom. The second-order valence-electron chi connectivity index (χ2n) is 4.93. The van der Waals surface area contributed by atoms with Crippen molar-refractivity contribution >= 4 is 17.6 Å². The van der Waals surface area contributed by atoms with Gasteiger partial charge in [-0.05, 0) is 18.6 Å². The summed E-state index contributed by atoms with van der Waals surface area (Å²) in [6.45, 7) is 2.23. The zero-order valence-corrected chi connectivity index (χ0v) is 11.7. The Morgan fingerprint density at radius 1 is 1.29 bits per heavy atom. The molecule has 0 saturated carbocycles. The summed E-state index contributed by atoms with van der Waals surface area (Å²) in [7, 11) is 1.74. The van der Waals surface area contributed by atoms with Gasteiger partial charge >= 0.3 is 11.9 Å². The quantitative estimate of drug-likeness (QED) is 0.679. The number of hydrogen-bond acceptors (Lipinski definition) is 5. The molecule has 2 unspecified atom stereocenters. The predicted octanol–water partition coefficient (Wildman–Crippen LogP) is 0.401. The highest BCUT2D eigenvalue weighted by atomic mass is 16.5. The van der Waals surface area contributed by atoms with Gasteiger partial charge in [-0.25, -0.2) is 9.59 Å². The van der Waals surface area contributed by atoms with E-state index in [0.29, 0.717) is 12.1 Å². The smallest absolute Gasteiger partial charge is 0.414 e. The number of piperazine rings is 1. The fourth-order valence-electron chi connectivity index (χ4n) is 2.72.